The molecule has 4 heteroatoms. The van der Waals surface area contributed by atoms with E-state index < -0.39 is 5.79 Å². The van der Waals surface area contributed by atoms with Crippen LogP contribution in [0.15, 0.2) is 42.5 Å². The summed E-state index contributed by atoms with van der Waals surface area (Å²) in [7, 11) is 1.70. The third kappa shape index (κ3) is 3.38. The normalized spacial score (nSPS) is 23.8. The number of aromatic hydroxyl groups is 1. The van der Waals surface area contributed by atoms with Crippen LogP contribution in [0.2, 0.25) is 0 Å². The van der Waals surface area contributed by atoms with Gasteiger partial charge in [0.1, 0.15) is 17.2 Å². The van der Waals surface area contributed by atoms with Crippen molar-refractivity contribution in [2.75, 3.05) is 7.11 Å². The van der Waals surface area contributed by atoms with E-state index in [9.17, 15) is 5.11 Å². The minimum Gasteiger partial charge on any atom is -0.508 e. The van der Waals surface area contributed by atoms with Gasteiger partial charge in [-0.3, -0.25) is 0 Å². The molecule has 0 radical (unpaired) electrons. The average molecular weight is 354 g/mol. The molecule has 138 valence electrons. The van der Waals surface area contributed by atoms with Gasteiger partial charge in [-0.15, -0.1) is 0 Å². The molecular weight excluding hydrogens is 328 g/mol. The van der Waals surface area contributed by atoms with E-state index in [1.807, 2.05) is 30.3 Å². The zero-order valence-electron chi connectivity index (χ0n) is 15.2. The lowest BCUT2D eigenvalue weighted by molar-refractivity contribution is -0.258. The van der Waals surface area contributed by atoms with E-state index >= 15 is 0 Å². The van der Waals surface area contributed by atoms with Gasteiger partial charge in [0.2, 0.25) is 5.79 Å². The number of phenols is 1. The van der Waals surface area contributed by atoms with Crippen molar-refractivity contribution in [2.45, 2.75) is 56.8 Å². The maximum atomic E-state index is 9.37. The zero-order valence-corrected chi connectivity index (χ0v) is 15.2. The molecule has 2 aromatic carbocycles. The summed E-state index contributed by atoms with van der Waals surface area (Å²) in [6.07, 6.45) is 7.18. The van der Waals surface area contributed by atoms with Crippen LogP contribution in [0.25, 0.3) is 0 Å². The number of benzene rings is 2. The van der Waals surface area contributed by atoms with E-state index in [-0.39, 0.29) is 6.10 Å². The summed E-state index contributed by atoms with van der Waals surface area (Å²) in [5.74, 6) is 1.60. The van der Waals surface area contributed by atoms with Crippen LogP contribution in [-0.2, 0) is 11.2 Å². The Morgan fingerprint density at radius 1 is 1.15 bits per heavy atom. The standard InChI is InChI=1S/C22H26O4/c1-24-18-7-4-8-19-21(18)20-9-5-15-22(25-19,26-20)14-3-2-6-16-10-12-17(23)13-11-16/h4,7-8,10-13,20,23H,2-3,5-6,9,14-15H2,1H3. The highest BCUT2D eigenvalue weighted by atomic mass is 16.7. The Labute approximate surface area is 154 Å². The summed E-state index contributed by atoms with van der Waals surface area (Å²) in [5.41, 5.74) is 2.32. The zero-order chi connectivity index (χ0) is 18.0. The van der Waals surface area contributed by atoms with Gasteiger partial charge in [-0.2, -0.15) is 0 Å². The summed E-state index contributed by atoms with van der Waals surface area (Å²) in [5, 5.41) is 9.37. The van der Waals surface area contributed by atoms with Crippen LogP contribution in [0.1, 0.15) is 55.8 Å². The maximum absolute atomic E-state index is 9.37. The smallest absolute Gasteiger partial charge is 0.211 e. The highest BCUT2D eigenvalue weighted by molar-refractivity contribution is 5.48. The molecule has 1 saturated heterocycles. The fraction of sp³-hybridized carbons (Fsp3) is 0.455. The van der Waals surface area contributed by atoms with E-state index in [0.717, 1.165) is 62.0 Å². The molecule has 2 aliphatic heterocycles. The lowest BCUT2D eigenvalue weighted by Gasteiger charge is -2.46. The Hall–Kier alpha value is -2.20. The molecule has 1 N–H and O–H groups in total. The Morgan fingerprint density at radius 3 is 2.81 bits per heavy atom. The molecule has 2 aliphatic rings. The number of aryl methyl sites for hydroxylation is 1. The second-order valence-corrected chi connectivity index (χ2v) is 7.26. The predicted molar refractivity (Wildman–Crippen MR) is 99.7 cm³/mol. The van der Waals surface area contributed by atoms with Crippen molar-refractivity contribution in [1.82, 2.24) is 0 Å². The lowest BCUT2D eigenvalue weighted by atomic mass is 9.90. The van der Waals surface area contributed by atoms with Crippen molar-refractivity contribution >= 4 is 0 Å². The Morgan fingerprint density at radius 2 is 2.00 bits per heavy atom. The van der Waals surface area contributed by atoms with E-state index in [1.165, 1.54) is 5.56 Å². The lowest BCUT2D eigenvalue weighted by Crippen LogP contribution is -2.46. The van der Waals surface area contributed by atoms with Crippen molar-refractivity contribution in [3.05, 3.63) is 53.6 Å². The van der Waals surface area contributed by atoms with Crippen LogP contribution in [-0.4, -0.2) is 18.0 Å². The minimum atomic E-state index is -0.489. The summed E-state index contributed by atoms with van der Waals surface area (Å²) in [6, 6.07) is 13.5. The van der Waals surface area contributed by atoms with Gasteiger partial charge in [-0.05, 0) is 61.9 Å². The minimum absolute atomic E-state index is 0.0701. The number of fused-ring (bicyclic) bond motifs is 4. The van der Waals surface area contributed by atoms with Gasteiger partial charge >= 0.3 is 0 Å². The molecule has 4 nitrogen and oxygen atoms in total. The summed E-state index contributed by atoms with van der Waals surface area (Å²) in [4.78, 5) is 0. The molecule has 2 bridgehead atoms. The van der Waals surface area contributed by atoms with Gasteiger partial charge in [-0.25, -0.2) is 0 Å². The van der Waals surface area contributed by atoms with E-state index in [4.69, 9.17) is 14.2 Å². The van der Waals surface area contributed by atoms with Crippen LogP contribution in [0.3, 0.4) is 0 Å². The number of methoxy groups -OCH3 is 1. The van der Waals surface area contributed by atoms with Gasteiger partial charge < -0.3 is 19.3 Å². The van der Waals surface area contributed by atoms with Crippen LogP contribution in [0, 0.1) is 0 Å². The molecule has 2 aromatic rings. The number of hydrogen-bond donors (Lipinski definition) is 1. The molecule has 2 unspecified atom stereocenters. The van der Waals surface area contributed by atoms with Crippen molar-refractivity contribution in [2.24, 2.45) is 0 Å². The molecule has 4 rings (SSSR count). The van der Waals surface area contributed by atoms with Crippen LogP contribution in [0.4, 0.5) is 0 Å². The molecular formula is C22H26O4. The van der Waals surface area contributed by atoms with Crippen LogP contribution >= 0.6 is 0 Å². The van der Waals surface area contributed by atoms with Gasteiger partial charge in [0.15, 0.2) is 0 Å². The molecule has 26 heavy (non-hydrogen) atoms. The largest absolute Gasteiger partial charge is 0.508 e. The molecule has 2 heterocycles. The van der Waals surface area contributed by atoms with Gasteiger partial charge in [0.05, 0.1) is 18.8 Å². The van der Waals surface area contributed by atoms with Crippen LogP contribution in [0.5, 0.6) is 17.2 Å². The van der Waals surface area contributed by atoms with Crippen molar-refractivity contribution in [1.29, 1.82) is 0 Å². The fourth-order valence-corrected chi connectivity index (χ4v) is 4.14. The summed E-state index contributed by atoms with van der Waals surface area (Å²) >= 11 is 0. The predicted octanol–water partition coefficient (Wildman–Crippen LogP) is 5.14. The molecule has 2 atom stereocenters. The first-order valence-corrected chi connectivity index (χ1v) is 9.51. The molecule has 0 aromatic heterocycles. The Kier molecular flexibility index (Phi) is 4.77. The van der Waals surface area contributed by atoms with E-state index in [0.29, 0.717) is 5.75 Å². The molecule has 0 spiro atoms. The van der Waals surface area contributed by atoms with Crippen LogP contribution < -0.4 is 9.47 Å². The third-order valence-electron chi connectivity index (χ3n) is 5.45. The third-order valence-corrected chi connectivity index (χ3v) is 5.45. The number of ether oxygens (including phenoxy) is 3. The Bertz CT molecular complexity index is 755. The summed E-state index contributed by atoms with van der Waals surface area (Å²) in [6.45, 7) is 0. The number of rotatable bonds is 6. The quantitative estimate of drug-likeness (QED) is 0.729. The second-order valence-electron chi connectivity index (χ2n) is 7.26. The average Bonchev–Trinajstić information content (AvgIpc) is 2.66. The number of unbranched alkanes of at least 4 members (excludes halogenated alkanes) is 1. The molecule has 0 amide bonds. The highest BCUT2D eigenvalue weighted by Gasteiger charge is 2.45. The molecule has 0 saturated carbocycles. The van der Waals surface area contributed by atoms with Crippen molar-refractivity contribution < 1.29 is 19.3 Å². The second kappa shape index (κ2) is 7.20. The molecule has 1 fully saturated rings. The van der Waals surface area contributed by atoms with Crippen molar-refractivity contribution in [3.63, 3.8) is 0 Å². The van der Waals surface area contributed by atoms with Gasteiger partial charge in [0.25, 0.3) is 0 Å². The first-order valence-electron chi connectivity index (χ1n) is 9.51. The van der Waals surface area contributed by atoms with E-state index in [2.05, 4.69) is 0 Å². The first kappa shape index (κ1) is 17.2. The summed E-state index contributed by atoms with van der Waals surface area (Å²) < 4.78 is 18.3. The fourth-order valence-electron chi connectivity index (χ4n) is 4.14. The van der Waals surface area contributed by atoms with Gasteiger partial charge in [-0.1, -0.05) is 18.2 Å². The SMILES string of the molecule is COc1cccc2c1C1CCCC(CCCCc3ccc(O)cc3)(O2)O1. The first-order chi connectivity index (χ1) is 12.7. The topological polar surface area (TPSA) is 47.9 Å². The molecule has 0 aliphatic carbocycles. The Balaban J connectivity index is 1.41. The van der Waals surface area contributed by atoms with Gasteiger partial charge in [0, 0.05) is 12.8 Å². The number of hydrogen-bond acceptors (Lipinski definition) is 4. The van der Waals surface area contributed by atoms with Crippen molar-refractivity contribution in [3.8, 4) is 17.2 Å². The van der Waals surface area contributed by atoms with E-state index in [1.54, 1.807) is 19.2 Å². The number of phenolic OH excluding ortho intramolecular Hbond substituents is 1. The highest BCUT2D eigenvalue weighted by Crippen LogP contribution is 2.51. The maximum Gasteiger partial charge on any atom is 0.211 e. The monoisotopic (exact) mass is 354 g/mol.